The molecule has 0 fully saturated rings. The van der Waals surface area contributed by atoms with E-state index in [-0.39, 0.29) is 18.2 Å². The topological polar surface area (TPSA) is 126 Å². The van der Waals surface area contributed by atoms with E-state index in [4.69, 9.17) is 0 Å². The minimum absolute atomic E-state index is 0.0361. The fraction of sp³-hybridized carbons (Fsp3) is 0.0435. The number of nitrogens with zero attached hydrogens (tertiary/aromatic N) is 5. The second-order valence-electron chi connectivity index (χ2n) is 6.86. The summed E-state index contributed by atoms with van der Waals surface area (Å²) in [6.07, 6.45) is 2.79. The molecular weight excluding hydrogens is 422 g/mol. The Hall–Kier alpha value is -4.86. The van der Waals surface area contributed by atoms with Gasteiger partial charge in [0.05, 0.1) is 11.5 Å². The van der Waals surface area contributed by atoms with E-state index in [0.717, 1.165) is 5.56 Å². The number of anilines is 3. The van der Waals surface area contributed by atoms with Crippen molar-refractivity contribution in [2.75, 3.05) is 10.3 Å². The number of carbonyl (C=O) groups excluding carboxylic acids is 1. The van der Waals surface area contributed by atoms with Crippen LogP contribution in [-0.2, 0) is 6.54 Å². The molecule has 2 N–H and O–H groups in total. The van der Waals surface area contributed by atoms with Gasteiger partial charge in [-0.3, -0.25) is 25.8 Å². The van der Waals surface area contributed by atoms with Crippen molar-refractivity contribution in [3.63, 3.8) is 0 Å². The zero-order chi connectivity index (χ0) is 23.0. The monoisotopic (exact) mass is 441 g/mol. The summed E-state index contributed by atoms with van der Waals surface area (Å²) in [6, 6.07) is 23.2. The van der Waals surface area contributed by atoms with E-state index in [2.05, 4.69) is 25.8 Å². The smallest absolute Gasteiger partial charge is 0.301 e. The predicted octanol–water partition coefficient (Wildman–Crippen LogP) is 3.88. The van der Waals surface area contributed by atoms with Crippen LogP contribution in [0, 0.1) is 10.1 Å². The van der Waals surface area contributed by atoms with Gasteiger partial charge in [0, 0.05) is 11.8 Å². The summed E-state index contributed by atoms with van der Waals surface area (Å²) in [5.74, 6) is -0.101. The first-order valence-corrected chi connectivity index (χ1v) is 9.97. The number of amides is 1. The van der Waals surface area contributed by atoms with Gasteiger partial charge in [0.25, 0.3) is 5.91 Å². The quantitative estimate of drug-likeness (QED) is 0.312. The van der Waals surface area contributed by atoms with Gasteiger partial charge in [0.1, 0.15) is 12.1 Å². The molecular formula is C23H19N7O3. The first kappa shape index (κ1) is 21.4. The third-order valence-electron chi connectivity index (χ3n) is 4.68. The van der Waals surface area contributed by atoms with Crippen molar-refractivity contribution in [1.82, 2.24) is 20.4 Å². The van der Waals surface area contributed by atoms with Crippen molar-refractivity contribution in [2.45, 2.75) is 6.54 Å². The molecule has 2 aromatic heterocycles. The highest BCUT2D eigenvalue weighted by molar-refractivity contribution is 5.95. The van der Waals surface area contributed by atoms with Crippen LogP contribution in [0.1, 0.15) is 15.9 Å². The molecule has 1 amide bonds. The van der Waals surface area contributed by atoms with Gasteiger partial charge >= 0.3 is 5.69 Å². The third kappa shape index (κ3) is 5.07. The molecule has 4 aromatic rings. The Bertz CT molecular complexity index is 1240. The summed E-state index contributed by atoms with van der Waals surface area (Å²) in [5.41, 5.74) is 5.91. The van der Waals surface area contributed by atoms with Gasteiger partial charge in [0.15, 0.2) is 0 Å². The molecule has 0 atom stereocenters. The Balaban J connectivity index is 1.70. The number of carbonyl (C=O) groups is 1. The van der Waals surface area contributed by atoms with E-state index in [9.17, 15) is 14.9 Å². The number of benzene rings is 2. The van der Waals surface area contributed by atoms with E-state index in [0.29, 0.717) is 11.4 Å². The maximum atomic E-state index is 12.4. The third-order valence-corrected chi connectivity index (χ3v) is 4.68. The van der Waals surface area contributed by atoms with Crippen molar-refractivity contribution >= 4 is 29.0 Å². The highest BCUT2D eigenvalue weighted by Crippen LogP contribution is 2.35. The zero-order valence-electron chi connectivity index (χ0n) is 17.3. The van der Waals surface area contributed by atoms with Gasteiger partial charge in [-0.05, 0) is 29.8 Å². The van der Waals surface area contributed by atoms with Crippen molar-refractivity contribution in [1.29, 1.82) is 0 Å². The summed E-state index contributed by atoms with van der Waals surface area (Å²) in [4.78, 5) is 38.0. The number of pyridine rings is 1. The molecule has 0 aliphatic carbocycles. The van der Waals surface area contributed by atoms with Crippen LogP contribution in [0.3, 0.4) is 0 Å². The molecule has 33 heavy (non-hydrogen) atoms. The Labute approximate surface area is 189 Å². The second kappa shape index (κ2) is 9.96. The number of nitro groups is 1. The average Bonchev–Trinajstić information content (AvgIpc) is 2.87. The second-order valence-corrected chi connectivity index (χ2v) is 6.86. The molecule has 2 heterocycles. The molecule has 0 saturated heterocycles. The molecule has 0 spiro atoms. The lowest BCUT2D eigenvalue weighted by molar-refractivity contribution is -0.383. The van der Waals surface area contributed by atoms with Crippen LogP contribution >= 0.6 is 0 Å². The number of aromatic nitrogens is 3. The van der Waals surface area contributed by atoms with Crippen molar-refractivity contribution in [3.05, 3.63) is 113 Å². The summed E-state index contributed by atoms with van der Waals surface area (Å²) in [6.45, 7) is 0.283. The minimum Gasteiger partial charge on any atom is -0.301 e. The van der Waals surface area contributed by atoms with Crippen LogP contribution in [0.2, 0.25) is 0 Å². The maximum absolute atomic E-state index is 12.4. The fourth-order valence-electron chi connectivity index (χ4n) is 3.15. The Kier molecular flexibility index (Phi) is 6.45. The Morgan fingerprint density at radius 1 is 0.909 bits per heavy atom. The van der Waals surface area contributed by atoms with E-state index in [1.165, 1.54) is 6.33 Å². The normalized spacial score (nSPS) is 10.3. The molecule has 10 heteroatoms. The molecule has 0 bridgehead atoms. The lowest BCUT2D eigenvalue weighted by Gasteiger charge is -2.23. The molecule has 0 unspecified atom stereocenters. The molecule has 2 aromatic carbocycles. The van der Waals surface area contributed by atoms with E-state index < -0.39 is 16.5 Å². The minimum atomic E-state index is -0.590. The molecule has 0 aliphatic heterocycles. The van der Waals surface area contributed by atoms with Crippen LogP contribution in [-0.4, -0.2) is 25.8 Å². The maximum Gasteiger partial charge on any atom is 0.355 e. The average molecular weight is 441 g/mol. The molecule has 10 nitrogen and oxygen atoms in total. The summed E-state index contributed by atoms with van der Waals surface area (Å²) < 4.78 is 0. The van der Waals surface area contributed by atoms with E-state index in [1.54, 1.807) is 59.6 Å². The predicted molar refractivity (Wildman–Crippen MR) is 123 cm³/mol. The van der Waals surface area contributed by atoms with Crippen molar-refractivity contribution in [2.24, 2.45) is 0 Å². The lowest BCUT2D eigenvalue weighted by Crippen LogP contribution is -2.30. The SMILES string of the molecule is O=C(NNc1ncnc(N(Cc2ccccc2)c2ccccn2)c1[N+](=O)[O-])c1ccccc1. The molecule has 164 valence electrons. The Morgan fingerprint density at radius 2 is 1.61 bits per heavy atom. The molecule has 4 rings (SSSR count). The lowest BCUT2D eigenvalue weighted by atomic mass is 10.2. The largest absolute Gasteiger partial charge is 0.355 e. The standard InChI is InChI=1S/C23H19N7O3/c31-23(18-11-5-2-6-12-18)28-27-21-20(30(32)33)22(26-16-25-21)29(19-13-7-8-14-24-19)15-17-9-3-1-4-10-17/h1-14,16H,15H2,(H,28,31)(H,25,26,27). The molecule has 0 aliphatic rings. The van der Waals surface area contributed by atoms with Crippen molar-refractivity contribution in [3.8, 4) is 0 Å². The van der Waals surface area contributed by atoms with E-state index in [1.807, 2.05) is 30.3 Å². The highest BCUT2D eigenvalue weighted by atomic mass is 16.6. The van der Waals surface area contributed by atoms with Gasteiger partial charge in [-0.25, -0.2) is 15.0 Å². The number of hydrazine groups is 1. The summed E-state index contributed by atoms with van der Waals surface area (Å²) >= 11 is 0. The van der Waals surface area contributed by atoms with E-state index >= 15 is 0 Å². The van der Waals surface area contributed by atoms with Gasteiger partial charge in [0.2, 0.25) is 11.6 Å². The van der Waals surface area contributed by atoms with Gasteiger partial charge < -0.3 is 4.90 Å². The first-order valence-electron chi connectivity index (χ1n) is 9.97. The summed E-state index contributed by atoms with van der Waals surface area (Å²) in [5, 5.41) is 12.1. The van der Waals surface area contributed by atoms with Gasteiger partial charge in [-0.1, -0.05) is 54.6 Å². The van der Waals surface area contributed by atoms with Crippen LogP contribution in [0.5, 0.6) is 0 Å². The van der Waals surface area contributed by atoms with Gasteiger partial charge in [-0.2, -0.15) is 0 Å². The fourth-order valence-corrected chi connectivity index (χ4v) is 3.15. The van der Waals surface area contributed by atoms with Crippen LogP contribution in [0.25, 0.3) is 0 Å². The number of rotatable bonds is 8. The first-order chi connectivity index (χ1) is 16.1. The van der Waals surface area contributed by atoms with Gasteiger partial charge in [-0.15, -0.1) is 0 Å². The zero-order valence-corrected chi connectivity index (χ0v) is 17.3. The summed E-state index contributed by atoms with van der Waals surface area (Å²) in [7, 11) is 0. The molecule has 0 radical (unpaired) electrons. The molecule has 0 saturated carbocycles. The van der Waals surface area contributed by atoms with Crippen LogP contribution in [0.4, 0.5) is 23.1 Å². The van der Waals surface area contributed by atoms with Crippen molar-refractivity contribution < 1.29 is 9.72 Å². The Morgan fingerprint density at radius 3 is 2.27 bits per heavy atom. The number of hydrogen-bond donors (Lipinski definition) is 2. The number of nitrogens with one attached hydrogen (secondary N) is 2. The highest BCUT2D eigenvalue weighted by Gasteiger charge is 2.29. The number of hydrogen-bond acceptors (Lipinski definition) is 8. The van der Waals surface area contributed by atoms with Crippen LogP contribution in [0.15, 0.2) is 91.4 Å². The van der Waals surface area contributed by atoms with Crippen LogP contribution < -0.4 is 15.8 Å².